The summed E-state index contributed by atoms with van der Waals surface area (Å²) in [5, 5.41) is 0.799. The Morgan fingerprint density at radius 3 is 2.54 bits per heavy atom. The van der Waals surface area contributed by atoms with Gasteiger partial charge in [-0.05, 0) is 25.5 Å². The Kier molecular flexibility index (Phi) is 4.20. The number of hydrogen-bond acceptors (Lipinski definition) is 2. The first-order chi connectivity index (χ1) is 6.24. The molecule has 3 heteroatoms. The highest BCUT2D eigenvalue weighted by Gasteiger charge is 2.06. The van der Waals surface area contributed by atoms with Crippen molar-refractivity contribution in [3.8, 4) is 0 Å². The van der Waals surface area contributed by atoms with E-state index in [0.717, 1.165) is 11.7 Å². The van der Waals surface area contributed by atoms with Crippen molar-refractivity contribution in [2.75, 3.05) is 0 Å². The van der Waals surface area contributed by atoms with E-state index in [1.807, 2.05) is 44.2 Å². The van der Waals surface area contributed by atoms with Gasteiger partial charge >= 0.3 is 0 Å². The molecule has 1 rings (SSSR count). The smallest absolute Gasteiger partial charge is 0.220 e. The van der Waals surface area contributed by atoms with Crippen molar-refractivity contribution in [3.05, 3.63) is 30.3 Å². The van der Waals surface area contributed by atoms with Crippen LogP contribution in [0.15, 0.2) is 30.3 Å². The highest BCUT2D eigenvalue weighted by molar-refractivity contribution is 7.48. The zero-order valence-electron chi connectivity index (χ0n) is 7.99. The van der Waals surface area contributed by atoms with Crippen LogP contribution in [0.1, 0.15) is 20.3 Å². The van der Waals surface area contributed by atoms with Crippen molar-refractivity contribution in [2.24, 2.45) is 0 Å². The number of hydrogen-bond donors (Lipinski definition) is 0. The molecule has 0 aliphatic heterocycles. The summed E-state index contributed by atoms with van der Waals surface area (Å²) in [6.07, 6.45) is 0.968. The predicted octanol–water partition coefficient (Wildman–Crippen LogP) is 2.60. The highest BCUT2D eigenvalue weighted by atomic mass is 31.1. The van der Waals surface area contributed by atoms with Gasteiger partial charge in [0, 0.05) is 5.30 Å². The summed E-state index contributed by atoms with van der Waals surface area (Å²) in [5.74, 6) is 0. The van der Waals surface area contributed by atoms with Crippen LogP contribution in [0.2, 0.25) is 0 Å². The molecule has 0 N–H and O–H groups in total. The second-order valence-corrected chi connectivity index (χ2v) is 4.38. The van der Waals surface area contributed by atoms with Gasteiger partial charge in [-0.2, -0.15) is 0 Å². The lowest BCUT2D eigenvalue weighted by atomic mass is 10.3. The average molecular weight is 198 g/mol. The number of benzene rings is 1. The van der Waals surface area contributed by atoms with E-state index in [-0.39, 0.29) is 6.10 Å². The molecule has 0 aromatic heterocycles. The molecule has 0 aliphatic rings. The summed E-state index contributed by atoms with van der Waals surface area (Å²) < 4.78 is 16.9. The molecule has 0 amide bonds. The SMILES string of the molecule is CCC(C)O[PH](=O)c1ccccc1. The molecule has 1 aromatic carbocycles. The van der Waals surface area contributed by atoms with Gasteiger partial charge in [0.25, 0.3) is 0 Å². The summed E-state index contributed by atoms with van der Waals surface area (Å²) in [5.41, 5.74) is 0. The van der Waals surface area contributed by atoms with E-state index in [9.17, 15) is 4.57 Å². The van der Waals surface area contributed by atoms with Crippen LogP contribution in [-0.4, -0.2) is 6.10 Å². The fraction of sp³-hybridized carbons (Fsp3) is 0.400. The fourth-order valence-electron chi connectivity index (χ4n) is 0.908. The van der Waals surface area contributed by atoms with Crippen molar-refractivity contribution in [2.45, 2.75) is 26.4 Å². The highest BCUT2D eigenvalue weighted by Crippen LogP contribution is 2.24. The molecule has 0 spiro atoms. The molecule has 0 saturated carbocycles. The lowest BCUT2D eigenvalue weighted by Gasteiger charge is -2.09. The van der Waals surface area contributed by atoms with Gasteiger partial charge in [-0.1, -0.05) is 25.1 Å². The molecule has 1 aromatic rings. The summed E-state index contributed by atoms with van der Waals surface area (Å²) in [6, 6.07) is 9.32. The average Bonchev–Trinajstić information content (AvgIpc) is 2.19. The van der Waals surface area contributed by atoms with Crippen LogP contribution in [0.4, 0.5) is 0 Å². The van der Waals surface area contributed by atoms with Gasteiger partial charge in [-0.3, -0.25) is 4.57 Å². The topological polar surface area (TPSA) is 26.3 Å². The third-order valence-electron chi connectivity index (χ3n) is 1.89. The Morgan fingerprint density at radius 2 is 2.00 bits per heavy atom. The summed E-state index contributed by atoms with van der Waals surface area (Å²) in [4.78, 5) is 0. The molecule has 2 nitrogen and oxygen atoms in total. The Bertz CT molecular complexity index is 272. The molecule has 0 heterocycles. The second-order valence-electron chi connectivity index (χ2n) is 2.99. The van der Waals surface area contributed by atoms with E-state index in [1.54, 1.807) is 0 Å². The maximum Gasteiger partial charge on any atom is 0.220 e. The normalized spacial score (nSPS) is 15.2. The van der Waals surface area contributed by atoms with E-state index in [4.69, 9.17) is 4.52 Å². The Morgan fingerprint density at radius 1 is 1.38 bits per heavy atom. The van der Waals surface area contributed by atoms with Gasteiger partial charge in [0.05, 0.1) is 6.10 Å². The fourth-order valence-corrected chi connectivity index (χ4v) is 2.04. The molecule has 0 bridgehead atoms. The molecule has 13 heavy (non-hydrogen) atoms. The van der Waals surface area contributed by atoms with Gasteiger partial charge in [0.1, 0.15) is 0 Å². The molecule has 72 valence electrons. The lowest BCUT2D eigenvalue weighted by molar-refractivity contribution is 0.235. The number of rotatable bonds is 4. The van der Waals surface area contributed by atoms with Crippen LogP contribution in [0.5, 0.6) is 0 Å². The van der Waals surface area contributed by atoms with Gasteiger partial charge in [-0.15, -0.1) is 0 Å². The van der Waals surface area contributed by atoms with Crippen molar-refractivity contribution in [1.82, 2.24) is 0 Å². The van der Waals surface area contributed by atoms with Crippen LogP contribution >= 0.6 is 8.03 Å². The molecular weight excluding hydrogens is 183 g/mol. The van der Waals surface area contributed by atoms with Crippen molar-refractivity contribution in [1.29, 1.82) is 0 Å². The molecule has 0 fully saturated rings. The standard InChI is InChI=1S/C10H15O2P/c1-3-9(2)12-13(11)10-7-5-4-6-8-10/h4-9,13H,3H2,1-2H3. The first kappa shape index (κ1) is 10.5. The van der Waals surface area contributed by atoms with Crippen LogP contribution < -0.4 is 5.30 Å². The molecule has 2 atom stereocenters. The minimum Gasteiger partial charge on any atom is -0.324 e. The summed E-state index contributed by atoms with van der Waals surface area (Å²) >= 11 is 0. The second kappa shape index (κ2) is 5.21. The largest absolute Gasteiger partial charge is 0.324 e. The molecule has 0 saturated heterocycles. The minimum absolute atomic E-state index is 0.0756. The van der Waals surface area contributed by atoms with Gasteiger partial charge in [-0.25, -0.2) is 0 Å². The first-order valence-electron chi connectivity index (χ1n) is 4.50. The summed E-state index contributed by atoms with van der Waals surface area (Å²) in [7, 11) is -2.03. The maximum atomic E-state index is 11.6. The van der Waals surface area contributed by atoms with Crippen molar-refractivity contribution >= 4 is 13.3 Å². The van der Waals surface area contributed by atoms with E-state index < -0.39 is 8.03 Å². The van der Waals surface area contributed by atoms with Crippen molar-refractivity contribution in [3.63, 3.8) is 0 Å². The Hall–Kier alpha value is -0.590. The third-order valence-corrected chi connectivity index (χ3v) is 3.31. The van der Waals surface area contributed by atoms with Crippen LogP contribution in [-0.2, 0) is 9.09 Å². The van der Waals surface area contributed by atoms with Crippen LogP contribution in [0, 0.1) is 0 Å². The Balaban J connectivity index is 2.59. The minimum atomic E-state index is -2.03. The van der Waals surface area contributed by atoms with Gasteiger partial charge < -0.3 is 4.52 Å². The summed E-state index contributed by atoms with van der Waals surface area (Å²) in [6.45, 7) is 3.95. The van der Waals surface area contributed by atoms with E-state index in [0.29, 0.717) is 0 Å². The quantitative estimate of drug-likeness (QED) is 0.695. The van der Waals surface area contributed by atoms with E-state index >= 15 is 0 Å². The Labute approximate surface area is 79.8 Å². The molecule has 0 radical (unpaired) electrons. The predicted molar refractivity (Wildman–Crippen MR) is 55.9 cm³/mol. The zero-order chi connectivity index (χ0) is 9.68. The van der Waals surface area contributed by atoms with Gasteiger partial charge in [0.2, 0.25) is 8.03 Å². The van der Waals surface area contributed by atoms with Gasteiger partial charge in [0.15, 0.2) is 0 Å². The third kappa shape index (κ3) is 3.33. The zero-order valence-corrected chi connectivity index (χ0v) is 8.99. The van der Waals surface area contributed by atoms with Crippen LogP contribution in [0.3, 0.4) is 0 Å². The van der Waals surface area contributed by atoms with E-state index in [2.05, 4.69) is 0 Å². The molecule has 2 unspecified atom stereocenters. The monoisotopic (exact) mass is 198 g/mol. The molecular formula is C10H15O2P. The first-order valence-corrected chi connectivity index (χ1v) is 5.81. The van der Waals surface area contributed by atoms with Crippen LogP contribution in [0.25, 0.3) is 0 Å². The maximum absolute atomic E-state index is 11.6. The van der Waals surface area contributed by atoms with Crippen molar-refractivity contribution < 1.29 is 9.09 Å². The molecule has 0 aliphatic carbocycles. The lowest BCUT2D eigenvalue weighted by Crippen LogP contribution is -2.05. The van der Waals surface area contributed by atoms with E-state index in [1.165, 1.54) is 0 Å².